The van der Waals surface area contributed by atoms with Crippen LogP contribution in [0.15, 0.2) is 42.5 Å². The highest BCUT2D eigenvalue weighted by atomic mass is 19.1. The van der Waals surface area contributed by atoms with Crippen molar-refractivity contribution in [2.24, 2.45) is 5.92 Å². The van der Waals surface area contributed by atoms with Gasteiger partial charge < -0.3 is 15.1 Å². The van der Waals surface area contributed by atoms with Crippen LogP contribution in [0.5, 0.6) is 0 Å². The molecule has 0 saturated carbocycles. The number of benzene rings is 2. The van der Waals surface area contributed by atoms with E-state index in [4.69, 9.17) is 0 Å². The maximum absolute atomic E-state index is 13.5. The maximum Gasteiger partial charge on any atom is 0.255 e. The fraction of sp³-hybridized carbons (Fsp3) is 0.462. The zero-order valence-electron chi connectivity index (χ0n) is 20.1. The van der Waals surface area contributed by atoms with Crippen LogP contribution in [0.4, 0.5) is 15.8 Å². The molecule has 0 saturated heterocycles. The molecule has 0 unspecified atom stereocenters. The van der Waals surface area contributed by atoms with E-state index < -0.39 is 5.82 Å². The van der Waals surface area contributed by atoms with E-state index in [1.54, 1.807) is 6.07 Å². The van der Waals surface area contributed by atoms with E-state index in [0.717, 1.165) is 30.5 Å². The van der Waals surface area contributed by atoms with Crippen molar-refractivity contribution in [1.29, 1.82) is 0 Å². The van der Waals surface area contributed by atoms with Crippen molar-refractivity contribution in [1.82, 2.24) is 4.90 Å². The molecule has 2 rings (SSSR count). The van der Waals surface area contributed by atoms with Gasteiger partial charge in [-0.1, -0.05) is 26.8 Å². The van der Waals surface area contributed by atoms with Crippen LogP contribution in [-0.2, 0) is 11.3 Å². The Labute approximate surface area is 191 Å². The molecule has 0 spiro atoms. The molecule has 2 aromatic carbocycles. The average Bonchev–Trinajstić information content (AvgIpc) is 2.77. The summed E-state index contributed by atoms with van der Waals surface area (Å²) in [6.45, 7) is 8.72. The van der Waals surface area contributed by atoms with Crippen molar-refractivity contribution >= 4 is 23.2 Å². The first-order chi connectivity index (χ1) is 15.2. The fourth-order valence-electron chi connectivity index (χ4n) is 3.79. The van der Waals surface area contributed by atoms with Crippen LogP contribution in [0.3, 0.4) is 0 Å². The third kappa shape index (κ3) is 6.31. The predicted molar refractivity (Wildman–Crippen MR) is 129 cm³/mol. The number of hydrogen-bond donors (Lipinski definition) is 1. The first-order valence-corrected chi connectivity index (χ1v) is 11.4. The van der Waals surface area contributed by atoms with Crippen LogP contribution in [0, 0.1) is 11.7 Å². The van der Waals surface area contributed by atoms with E-state index in [1.807, 2.05) is 42.1 Å². The van der Waals surface area contributed by atoms with Gasteiger partial charge in [-0.05, 0) is 68.1 Å². The van der Waals surface area contributed by atoms with Gasteiger partial charge in [0.05, 0.1) is 0 Å². The number of carbonyl (C=O) groups excluding carboxylic acids is 2. The second-order valence-electron chi connectivity index (χ2n) is 8.44. The largest absolute Gasteiger partial charge is 0.377 e. The SMILES string of the molecule is CCC(CC)C(=O)N(Cc1cc(NC(=O)c2cccc(F)c2)ccc1N(C)C)[C@@H](C)CC. The van der Waals surface area contributed by atoms with Gasteiger partial charge in [0.15, 0.2) is 0 Å². The van der Waals surface area contributed by atoms with Gasteiger partial charge in [-0.3, -0.25) is 9.59 Å². The molecular weight excluding hydrogens is 405 g/mol. The number of nitrogens with zero attached hydrogens (tertiary/aromatic N) is 2. The summed E-state index contributed by atoms with van der Waals surface area (Å²) < 4.78 is 13.5. The maximum atomic E-state index is 13.5. The van der Waals surface area contributed by atoms with Crippen LogP contribution < -0.4 is 10.2 Å². The van der Waals surface area contributed by atoms with Gasteiger partial charge >= 0.3 is 0 Å². The second-order valence-corrected chi connectivity index (χ2v) is 8.44. The average molecular weight is 442 g/mol. The highest BCUT2D eigenvalue weighted by Crippen LogP contribution is 2.27. The van der Waals surface area contributed by atoms with E-state index in [1.165, 1.54) is 18.2 Å². The van der Waals surface area contributed by atoms with Crippen molar-refractivity contribution in [2.75, 3.05) is 24.3 Å². The quantitative estimate of drug-likeness (QED) is 0.514. The van der Waals surface area contributed by atoms with Crippen LogP contribution >= 0.6 is 0 Å². The smallest absolute Gasteiger partial charge is 0.255 e. The Morgan fingerprint density at radius 1 is 1.00 bits per heavy atom. The molecule has 2 amide bonds. The highest BCUT2D eigenvalue weighted by Gasteiger charge is 2.26. The predicted octanol–water partition coefficient (Wildman–Crippen LogP) is 5.71. The molecule has 0 aliphatic heterocycles. The van der Waals surface area contributed by atoms with Gasteiger partial charge in [0, 0.05) is 49.5 Å². The Balaban J connectivity index is 2.37. The minimum absolute atomic E-state index is 0.00247. The minimum atomic E-state index is -0.453. The lowest BCUT2D eigenvalue weighted by molar-refractivity contribution is -0.138. The topological polar surface area (TPSA) is 52.7 Å². The number of rotatable bonds is 10. The summed E-state index contributed by atoms with van der Waals surface area (Å²) in [6, 6.07) is 11.4. The van der Waals surface area contributed by atoms with E-state index in [-0.39, 0.29) is 29.3 Å². The number of hydrogen-bond acceptors (Lipinski definition) is 3. The summed E-state index contributed by atoms with van der Waals surface area (Å²) in [5.74, 6) is -0.656. The summed E-state index contributed by atoms with van der Waals surface area (Å²) in [6.07, 6.45) is 2.48. The molecule has 0 aromatic heterocycles. The summed E-state index contributed by atoms with van der Waals surface area (Å²) in [5, 5.41) is 2.86. The van der Waals surface area contributed by atoms with Crippen LogP contribution in [-0.4, -0.2) is 36.9 Å². The Morgan fingerprint density at radius 2 is 1.69 bits per heavy atom. The summed E-state index contributed by atoms with van der Waals surface area (Å²) in [4.78, 5) is 29.8. The Bertz CT molecular complexity index is 925. The van der Waals surface area contributed by atoms with Gasteiger partial charge in [-0.2, -0.15) is 0 Å². The zero-order chi connectivity index (χ0) is 23.8. The van der Waals surface area contributed by atoms with Gasteiger partial charge in [0.25, 0.3) is 5.91 Å². The normalized spacial score (nSPS) is 11.9. The van der Waals surface area contributed by atoms with Crippen molar-refractivity contribution in [3.8, 4) is 0 Å². The molecule has 0 fully saturated rings. The molecule has 1 atom stereocenters. The molecule has 32 heavy (non-hydrogen) atoms. The van der Waals surface area contributed by atoms with Gasteiger partial charge in [-0.15, -0.1) is 0 Å². The van der Waals surface area contributed by atoms with Gasteiger partial charge in [0.1, 0.15) is 5.82 Å². The molecule has 0 aliphatic carbocycles. The van der Waals surface area contributed by atoms with Gasteiger partial charge in [0.2, 0.25) is 5.91 Å². The number of halogens is 1. The molecule has 1 N–H and O–H groups in total. The highest BCUT2D eigenvalue weighted by molar-refractivity contribution is 6.04. The fourth-order valence-corrected chi connectivity index (χ4v) is 3.79. The molecule has 174 valence electrons. The van der Waals surface area contributed by atoms with Crippen molar-refractivity contribution in [3.63, 3.8) is 0 Å². The van der Waals surface area contributed by atoms with Crippen molar-refractivity contribution in [3.05, 3.63) is 59.4 Å². The van der Waals surface area contributed by atoms with E-state index in [2.05, 4.69) is 33.0 Å². The lowest BCUT2D eigenvalue weighted by Gasteiger charge is -2.33. The van der Waals surface area contributed by atoms with E-state index >= 15 is 0 Å². The molecule has 5 nitrogen and oxygen atoms in total. The number of anilines is 2. The molecule has 0 heterocycles. The van der Waals surface area contributed by atoms with Crippen molar-refractivity contribution < 1.29 is 14.0 Å². The summed E-state index contributed by atoms with van der Waals surface area (Å²) in [5.41, 5.74) is 2.80. The minimum Gasteiger partial charge on any atom is -0.377 e. The molecule has 6 heteroatoms. The zero-order valence-corrected chi connectivity index (χ0v) is 20.1. The number of amides is 2. The Kier molecular flexibility index (Phi) is 9.24. The van der Waals surface area contributed by atoms with Crippen LogP contribution in [0.2, 0.25) is 0 Å². The third-order valence-corrected chi connectivity index (χ3v) is 5.99. The van der Waals surface area contributed by atoms with E-state index in [0.29, 0.717) is 12.2 Å². The van der Waals surface area contributed by atoms with Crippen molar-refractivity contribution in [2.45, 2.75) is 59.5 Å². The second kappa shape index (κ2) is 11.7. The lowest BCUT2D eigenvalue weighted by Crippen LogP contribution is -2.41. The molecular formula is C26H36FN3O2. The number of nitrogens with one attached hydrogen (secondary N) is 1. The molecule has 0 bridgehead atoms. The third-order valence-electron chi connectivity index (χ3n) is 5.99. The first kappa shape index (κ1) is 25.4. The van der Waals surface area contributed by atoms with Gasteiger partial charge in [-0.25, -0.2) is 4.39 Å². The standard InChI is InChI=1S/C26H36FN3O2/c1-7-18(4)30(26(32)19(8-2)9-3)17-21-16-23(13-14-24(21)29(5)6)28-25(31)20-11-10-12-22(27)15-20/h10-16,18-19H,7-9,17H2,1-6H3,(H,28,31)/t18-/m0/s1. The first-order valence-electron chi connectivity index (χ1n) is 11.4. The Hall–Kier alpha value is -2.89. The van der Waals surface area contributed by atoms with Crippen LogP contribution in [0.1, 0.15) is 62.9 Å². The summed E-state index contributed by atoms with van der Waals surface area (Å²) >= 11 is 0. The lowest BCUT2D eigenvalue weighted by atomic mass is 9.99. The van der Waals surface area contributed by atoms with Crippen LogP contribution in [0.25, 0.3) is 0 Å². The number of carbonyl (C=O) groups is 2. The monoisotopic (exact) mass is 441 g/mol. The summed E-state index contributed by atoms with van der Waals surface area (Å²) in [7, 11) is 3.92. The molecule has 2 aromatic rings. The molecule has 0 radical (unpaired) electrons. The Morgan fingerprint density at radius 3 is 2.25 bits per heavy atom. The van der Waals surface area contributed by atoms with E-state index in [9.17, 15) is 14.0 Å². The molecule has 0 aliphatic rings.